The van der Waals surface area contributed by atoms with Gasteiger partial charge in [0, 0.05) is 0 Å². The topological polar surface area (TPSA) is 75.7 Å². The van der Waals surface area contributed by atoms with Crippen molar-refractivity contribution >= 4 is 16.5 Å². The van der Waals surface area contributed by atoms with Crippen LogP contribution in [0.15, 0.2) is 64.9 Å². The van der Waals surface area contributed by atoms with E-state index in [0.717, 1.165) is 30.4 Å². The van der Waals surface area contributed by atoms with Gasteiger partial charge < -0.3 is 9.29 Å². The van der Waals surface area contributed by atoms with Gasteiger partial charge in [0.1, 0.15) is 12.4 Å². The van der Waals surface area contributed by atoms with Gasteiger partial charge in [-0.3, -0.25) is 4.18 Å². The third-order valence-electron chi connectivity index (χ3n) is 4.35. The van der Waals surface area contributed by atoms with Crippen molar-refractivity contribution in [2.75, 3.05) is 13.2 Å². The van der Waals surface area contributed by atoms with Crippen molar-refractivity contribution in [3.05, 3.63) is 76.0 Å². The van der Waals surface area contributed by atoms with Gasteiger partial charge in [0.15, 0.2) is 0 Å². The maximum atomic E-state index is 10.5. The van der Waals surface area contributed by atoms with E-state index in [1.54, 1.807) is 6.08 Å². The molecule has 33 heavy (non-hydrogen) atoms. The second-order valence-corrected chi connectivity index (χ2v) is 7.96. The molecule has 7 heteroatoms. The molecule has 0 unspecified atom stereocenters. The van der Waals surface area contributed by atoms with E-state index in [1.807, 2.05) is 18.2 Å². The van der Waals surface area contributed by atoms with E-state index in [9.17, 15) is 13.0 Å². The quantitative estimate of drug-likeness (QED) is 0.136. The minimum Gasteiger partial charge on any atom is -0.726 e. The summed E-state index contributed by atoms with van der Waals surface area (Å²) >= 11 is 0. The van der Waals surface area contributed by atoms with E-state index in [1.165, 1.54) is 32.1 Å². The van der Waals surface area contributed by atoms with Crippen LogP contribution in [0.1, 0.15) is 63.0 Å². The summed E-state index contributed by atoms with van der Waals surface area (Å²) in [6.07, 6.45) is 11.0. The SMILES string of the molecule is C=C=C=C=C=C=C=C=Cc1ccc(OCCOS(=O)(=O)[O-])c(CCCCCCCCC)c1.[Na+]. The predicted octanol–water partition coefficient (Wildman–Crippen LogP) is 2.57. The molecule has 0 aliphatic rings. The molecule has 170 valence electrons. The van der Waals surface area contributed by atoms with Crippen LogP contribution in [0.3, 0.4) is 0 Å². The van der Waals surface area contributed by atoms with Gasteiger partial charge in [-0.1, -0.05) is 63.0 Å². The van der Waals surface area contributed by atoms with Gasteiger partial charge in [-0.25, -0.2) is 8.42 Å². The first kappa shape index (κ1) is 31.1. The van der Waals surface area contributed by atoms with Gasteiger partial charge >= 0.3 is 29.6 Å². The molecule has 0 N–H and O–H groups in total. The molecule has 0 atom stereocenters. The first-order chi connectivity index (χ1) is 15.5. The molecule has 1 aromatic rings. The summed E-state index contributed by atoms with van der Waals surface area (Å²) in [4.78, 5) is 0. The van der Waals surface area contributed by atoms with Crippen molar-refractivity contribution in [1.29, 1.82) is 0 Å². The largest absolute Gasteiger partial charge is 1.00 e. The molecule has 1 rings (SSSR count). The Bertz CT molecular complexity index is 1100. The smallest absolute Gasteiger partial charge is 0.726 e. The van der Waals surface area contributed by atoms with Crippen molar-refractivity contribution in [1.82, 2.24) is 0 Å². The molecule has 0 fully saturated rings. The summed E-state index contributed by atoms with van der Waals surface area (Å²) in [6.45, 7) is 5.20. The molecule has 5 nitrogen and oxygen atoms in total. The number of rotatable bonds is 14. The molecule has 0 bridgehead atoms. The molecule has 1 aromatic carbocycles. The van der Waals surface area contributed by atoms with E-state index in [4.69, 9.17) is 4.74 Å². The van der Waals surface area contributed by atoms with Gasteiger partial charge in [0.05, 0.1) is 6.61 Å². The van der Waals surface area contributed by atoms with Crippen LogP contribution in [0.4, 0.5) is 0 Å². The van der Waals surface area contributed by atoms with E-state index >= 15 is 0 Å². The van der Waals surface area contributed by atoms with Crippen molar-refractivity contribution in [2.45, 2.75) is 58.3 Å². The maximum absolute atomic E-state index is 10.5. The van der Waals surface area contributed by atoms with Crippen LogP contribution in [-0.2, 0) is 21.0 Å². The van der Waals surface area contributed by atoms with Crippen molar-refractivity contribution in [3.63, 3.8) is 0 Å². The number of hydrogen-bond donors (Lipinski definition) is 0. The third-order valence-corrected chi connectivity index (χ3v) is 4.81. The zero-order chi connectivity index (χ0) is 23.5. The van der Waals surface area contributed by atoms with Gasteiger partial charge in [0.2, 0.25) is 10.4 Å². The number of aryl methyl sites for hydroxylation is 1. The Morgan fingerprint density at radius 3 is 2.33 bits per heavy atom. The molecule has 0 heterocycles. The van der Waals surface area contributed by atoms with Crippen LogP contribution < -0.4 is 34.3 Å². The standard InChI is InChI=1S/C26H30O5S.Na/c1-3-5-7-9-11-13-15-17-24-19-20-26(30-21-22-31-32(27,28)29)25(23-24)18-16-14-12-10-8-6-4-2;/h17,19-20,23H,1,4,6,8,10,12,14,16,18,21-22H2,2H3,(H,27,28,29);/q;+1/p-1. The second-order valence-electron chi connectivity index (χ2n) is 6.91. The fourth-order valence-corrected chi connectivity index (χ4v) is 3.15. The molecule has 0 amide bonds. The van der Waals surface area contributed by atoms with Crippen LogP contribution >= 0.6 is 0 Å². The molecule has 0 saturated heterocycles. The molecule has 0 aliphatic carbocycles. The molecule has 0 saturated carbocycles. The minimum absolute atomic E-state index is 0. The maximum Gasteiger partial charge on any atom is 1.00 e. The summed E-state index contributed by atoms with van der Waals surface area (Å²) in [5.41, 5.74) is 20.2. The van der Waals surface area contributed by atoms with Gasteiger partial charge in [-0.2, -0.15) is 0 Å². The molecular weight excluding hydrogens is 447 g/mol. The van der Waals surface area contributed by atoms with Crippen molar-refractivity contribution in [2.24, 2.45) is 0 Å². The Kier molecular flexibility index (Phi) is 18.4. The van der Waals surface area contributed by atoms with Crippen molar-refractivity contribution < 1.29 is 51.4 Å². The zero-order valence-corrected chi connectivity index (χ0v) is 22.4. The molecular formula is C26H29NaO5S. The summed E-state index contributed by atoms with van der Waals surface area (Å²) in [7, 11) is -4.72. The first-order valence-corrected chi connectivity index (χ1v) is 12.0. The van der Waals surface area contributed by atoms with E-state index < -0.39 is 10.4 Å². The number of unbranched alkanes of at least 4 members (excludes halogenated alkanes) is 6. The Hall–Kier alpha value is -1.91. The Morgan fingerprint density at radius 2 is 1.64 bits per heavy atom. The third kappa shape index (κ3) is 17.3. The van der Waals surface area contributed by atoms with Crippen LogP contribution in [0.25, 0.3) is 6.08 Å². The number of benzene rings is 1. The number of hydrogen-bond acceptors (Lipinski definition) is 5. The Morgan fingerprint density at radius 1 is 0.970 bits per heavy atom. The van der Waals surface area contributed by atoms with Crippen LogP contribution in [0.5, 0.6) is 5.75 Å². The predicted molar refractivity (Wildman–Crippen MR) is 124 cm³/mol. The molecule has 0 spiro atoms. The van der Waals surface area contributed by atoms with Crippen molar-refractivity contribution in [3.8, 4) is 5.75 Å². The second kappa shape index (κ2) is 19.5. The zero-order valence-electron chi connectivity index (χ0n) is 19.5. The minimum atomic E-state index is -4.72. The molecule has 0 aliphatic heterocycles. The van der Waals surface area contributed by atoms with E-state index in [2.05, 4.69) is 57.8 Å². The molecule has 0 aromatic heterocycles. The fraction of sp³-hybridized carbons (Fsp3) is 0.423. The first-order valence-electron chi connectivity index (χ1n) is 10.7. The van der Waals surface area contributed by atoms with E-state index in [0.29, 0.717) is 5.75 Å². The van der Waals surface area contributed by atoms with Gasteiger partial charge in [-0.05, 0) is 77.4 Å². The average molecular weight is 477 g/mol. The van der Waals surface area contributed by atoms with E-state index in [-0.39, 0.29) is 42.8 Å². The normalized spacial score (nSPS) is 9.52. The van der Waals surface area contributed by atoms with Crippen LogP contribution in [0, 0.1) is 0 Å². The summed E-state index contributed by atoms with van der Waals surface area (Å²) < 4.78 is 41.5. The van der Waals surface area contributed by atoms with Crippen LogP contribution in [0.2, 0.25) is 0 Å². The summed E-state index contributed by atoms with van der Waals surface area (Å²) in [6, 6.07) is 5.66. The fourth-order valence-electron chi connectivity index (χ4n) is 2.88. The summed E-state index contributed by atoms with van der Waals surface area (Å²) in [5, 5.41) is 0. The molecule has 0 radical (unpaired) electrons. The Balaban J connectivity index is 0.0000102. The monoisotopic (exact) mass is 476 g/mol. The van der Waals surface area contributed by atoms with Gasteiger partial charge in [-0.15, -0.1) is 0 Å². The average Bonchev–Trinajstić information content (AvgIpc) is 2.75. The van der Waals surface area contributed by atoms with Gasteiger partial charge in [0.25, 0.3) is 0 Å². The Labute approximate surface area is 220 Å². The van der Waals surface area contributed by atoms with Crippen LogP contribution in [-0.4, -0.2) is 26.2 Å². The summed E-state index contributed by atoms with van der Waals surface area (Å²) in [5.74, 6) is 0.642. The number of ether oxygens (including phenoxy) is 1.